The third kappa shape index (κ3) is 4.76. The van der Waals surface area contributed by atoms with E-state index in [4.69, 9.17) is 5.73 Å². The van der Waals surface area contributed by atoms with Gasteiger partial charge in [0.2, 0.25) is 11.1 Å². The van der Waals surface area contributed by atoms with Crippen LogP contribution in [0.25, 0.3) is 5.69 Å². The Morgan fingerprint density at radius 3 is 2.53 bits per heavy atom. The van der Waals surface area contributed by atoms with Crippen LogP contribution in [0, 0.1) is 6.92 Å². The molecule has 34 heavy (non-hydrogen) atoms. The van der Waals surface area contributed by atoms with Crippen LogP contribution in [-0.2, 0) is 11.3 Å². The van der Waals surface area contributed by atoms with Crippen molar-refractivity contribution in [2.75, 3.05) is 23.4 Å². The normalized spacial score (nSPS) is 10.9. The standard InChI is InChI=1S/C22H22N8O3S/c1-14-8-10-16(11-9-14)30-22(25-26-27-30)34-13-17(31)28(2)18-19(23)29(21(33)24-20(18)32)12-15-6-4-3-5-7-15/h3-11H,12-13,23H2,1-2H3,(H,24,32,33). The lowest BCUT2D eigenvalue weighted by Gasteiger charge is -2.20. The number of hydrogen-bond acceptors (Lipinski definition) is 8. The zero-order chi connectivity index (χ0) is 24.2. The van der Waals surface area contributed by atoms with Gasteiger partial charge in [-0.1, -0.05) is 59.8 Å². The lowest BCUT2D eigenvalue weighted by molar-refractivity contribution is -0.115. The van der Waals surface area contributed by atoms with Crippen LogP contribution in [0.5, 0.6) is 0 Å². The molecule has 11 nitrogen and oxygen atoms in total. The van der Waals surface area contributed by atoms with Gasteiger partial charge in [0.05, 0.1) is 18.0 Å². The molecule has 0 atom stereocenters. The fourth-order valence-corrected chi connectivity index (χ4v) is 4.09. The second-order valence-corrected chi connectivity index (χ2v) is 8.46. The highest BCUT2D eigenvalue weighted by molar-refractivity contribution is 7.99. The fraction of sp³-hybridized carbons (Fsp3) is 0.182. The van der Waals surface area contributed by atoms with E-state index in [2.05, 4.69) is 20.5 Å². The molecule has 4 aromatic rings. The maximum atomic E-state index is 12.9. The summed E-state index contributed by atoms with van der Waals surface area (Å²) in [6.45, 7) is 2.13. The number of aromatic nitrogens is 6. The van der Waals surface area contributed by atoms with Crippen molar-refractivity contribution in [2.45, 2.75) is 18.6 Å². The molecule has 174 valence electrons. The number of hydrogen-bond donors (Lipinski definition) is 2. The average Bonchev–Trinajstić information content (AvgIpc) is 3.29. The van der Waals surface area contributed by atoms with Gasteiger partial charge in [-0.2, -0.15) is 4.68 Å². The Balaban J connectivity index is 1.54. The molecule has 2 aromatic heterocycles. The first-order chi connectivity index (χ1) is 16.3. The molecule has 0 aliphatic heterocycles. The van der Waals surface area contributed by atoms with Crippen molar-refractivity contribution < 1.29 is 4.79 Å². The summed E-state index contributed by atoms with van der Waals surface area (Å²) in [5.74, 6) is -0.562. The minimum Gasteiger partial charge on any atom is -0.383 e. The van der Waals surface area contributed by atoms with E-state index in [0.29, 0.717) is 5.16 Å². The van der Waals surface area contributed by atoms with Gasteiger partial charge in [0.25, 0.3) is 5.56 Å². The van der Waals surface area contributed by atoms with Gasteiger partial charge in [0, 0.05) is 7.05 Å². The van der Waals surface area contributed by atoms with Crippen LogP contribution >= 0.6 is 11.8 Å². The Hall–Kier alpha value is -4.19. The van der Waals surface area contributed by atoms with E-state index in [1.807, 2.05) is 61.5 Å². The van der Waals surface area contributed by atoms with E-state index in [1.165, 1.54) is 16.3 Å². The number of aromatic amines is 1. The third-order valence-electron chi connectivity index (χ3n) is 5.15. The number of nitrogens with zero attached hydrogens (tertiary/aromatic N) is 6. The maximum absolute atomic E-state index is 12.9. The molecule has 0 fully saturated rings. The lowest BCUT2D eigenvalue weighted by Crippen LogP contribution is -2.40. The highest BCUT2D eigenvalue weighted by Gasteiger charge is 2.22. The lowest BCUT2D eigenvalue weighted by atomic mass is 10.2. The number of thioether (sulfide) groups is 1. The predicted molar refractivity (Wildman–Crippen MR) is 129 cm³/mol. The zero-order valence-corrected chi connectivity index (χ0v) is 19.3. The number of benzene rings is 2. The summed E-state index contributed by atoms with van der Waals surface area (Å²) in [5, 5.41) is 12.1. The number of aryl methyl sites for hydroxylation is 1. The number of carbonyl (C=O) groups is 1. The molecule has 4 rings (SSSR count). The smallest absolute Gasteiger partial charge is 0.330 e. The molecule has 0 radical (unpaired) electrons. The molecule has 3 N–H and O–H groups in total. The summed E-state index contributed by atoms with van der Waals surface area (Å²) in [6.07, 6.45) is 0. The molecule has 12 heteroatoms. The number of H-pyrrole nitrogens is 1. The second-order valence-electron chi connectivity index (χ2n) is 7.52. The van der Waals surface area contributed by atoms with Crippen molar-refractivity contribution in [2.24, 2.45) is 0 Å². The number of nitrogen functional groups attached to an aromatic ring is 1. The van der Waals surface area contributed by atoms with Crippen LogP contribution in [0.3, 0.4) is 0 Å². The van der Waals surface area contributed by atoms with Crippen molar-refractivity contribution >= 4 is 29.2 Å². The van der Waals surface area contributed by atoms with E-state index < -0.39 is 17.2 Å². The van der Waals surface area contributed by atoms with Crippen LogP contribution in [0.4, 0.5) is 11.5 Å². The molecular weight excluding hydrogens is 456 g/mol. The molecule has 0 unspecified atom stereocenters. The Bertz CT molecular complexity index is 1430. The summed E-state index contributed by atoms with van der Waals surface area (Å²) >= 11 is 1.12. The third-order valence-corrected chi connectivity index (χ3v) is 6.06. The molecule has 0 bridgehead atoms. The van der Waals surface area contributed by atoms with Crippen molar-refractivity contribution in [3.05, 3.63) is 86.6 Å². The van der Waals surface area contributed by atoms with E-state index in [-0.39, 0.29) is 23.8 Å². The number of carbonyl (C=O) groups excluding carboxylic acids is 1. The molecule has 0 aliphatic carbocycles. The molecule has 0 spiro atoms. The van der Waals surface area contributed by atoms with E-state index >= 15 is 0 Å². The van der Waals surface area contributed by atoms with Gasteiger partial charge in [-0.25, -0.2) is 4.79 Å². The maximum Gasteiger partial charge on any atom is 0.330 e. The van der Waals surface area contributed by atoms with Crippen LogP contribution in [0.1, 0.15) is 11.1 Å². The molecule has 2 heterocycles. The SMILES string of the molecule is Cc1ccc(-n2nnnc2SCC(=O)N(C)c2c(N)n(Cc3ccccc3)c(=O)[nH]c2=O)cc1. The molecule has 0 saturated heterocycles. The summed E-state index contributed by atoms with van der Waals surface area (Å²) in [4.78, 5) is 41.2. The predicted octanol–water partition coefficient (Wildman–Crippen LogP) is 1.21. The Labute approximate surface area is 198 Å². The van der Waals surface area contributed by atoms with Crippen molar-refractivity contribution in [3.8, 4) is 5.69 Å². The monoisotopic (exact) mass is 478 g/mol. The van der Waals surface area contributed by atoms with Crippen LogP contribution in [0.15, 0.2) is 69.3 Å². The second kappa shape index (κ2) is 9.75. The first-order valence-corrected chi connectivity index (χ1v) is 11.2. The van der Waals surface area contributed by atoms with E-state index in [9.17, 15) is 14.4 Å². The molecule has 0 saturated carbocycles. The van der Waals surface area contributed by atoms with Crippen molar-refractivity contribution in [3.63, 3.8) is 0 Å². The van der Waals surface area contributed by atoms with Crippen molar-refractivity contribution in [1.82, 2.24) is 29.8 Å². The van der Waals surface area contributed by atoms with E-state index in [0.717, 1.165) is 33.5 Å². The Morgan fingerprint density at radius 1 is 1.12 bits per heavy atom. The average molecular weight is 479 g/mol. The molecular formula is C22H22N8O3S. The first kappa shape index (κ1) is 23.0. The number of tetrazole rings is 1. The zero-order valence-electron chi connectivity index (χ0n) is 18.5. The minimum absolute atomic E-state index is 0.0561. The van der Waals surface area contributed by atoms with Gasteiger partial charge in [0.1, 0.15) is 5.82 Å². The summed E-state index contributed by atoms with van der Waals surface area (Å²) in [6, 6.07) is 16.8. The molecule has 2 aromatic carbocycles. The summed E-state index contributed by atoms with van der Waals surface area (Å²) in [7, 11) is 1.43. The van der Waals surface area contributed by atoms with Gasteiger partial charge < -0.3 is 10.6 Å². The summed E-state index contributed by atoms with van der Waals surface area (Å²) in [5.41, 5.74) is 7.37. The van der Waals surface area contributed by atoms with Gasteiger partial charge in [-0.05, 0) is 35.0 Å². The number of nitrogens with one attached hydrogen (secondary N) is 1. The molecule has 0 aliphatic rings. The van der Waals surface area contributed by atoms with Crippen LogP contribution in [0.2, 0.25) is 0 Å². The number of anilines is 2. The van der Waals surface area contributed by atoms with Crippen molar-refractivity contribution in [1.29, 1.82) is 0 Å². The first-order valence-electron chi connectivity index (χ1n) is 10.3. The Kier molecular flexibility index (Phi) is 6.59. The van der Waals surface area contributed by atoms with Gasteiger partial charge in [0.15, 0.2) is 5.69 Å². The number of nitrogens with two attached hydrogens (primary N) is 1. The van der Waals surface area contributed by atoms with Crippen LogP contribution in [-0.4, -0.2) is 48.5 Å². The number of rotatable bonds is 7. The topological polar surface area (TPSA) is 145 Å². The van der Waals surface area contributed by atoms with Crippen LogP contribution < -0.4 is 21.9 Å². The quantitative estimate of drug-likeness (QED) is 0.377. The van der Waals surface area contributed by atoms with Gasteiger partial charge in [-0.3, -0.25) is 19.1 Å². The highest BCUT2D eigenvalue weighted by atomic mass is 32.2. The van der Waals surface area contributed by atoms with E-state index in [1.54, 1.807) is 0 Å². The van der Waals surface area contributed by atoms with Gasteiger partial charge >= 0.3 is 5.69 Å². The largest absolute Gasteiger partial charge is 0.383 e. The highest BCUT2D eigenvalue weighted by Crippen LogP contribution is 2.21. The minimum atomic E-state index is -0.739. The summed E-state index contributed by atoms with van der Waals surface area (Å²) < 4.78 is 2.75. The number of amides is 1. The van der Waals surface area contributed by atoms with Gasteiger partial charge in [-0.15, -0.1) is 5.10 Å². The molecule has 1 amide bonds. The fourth-order valence-electron chi connectivity index (χ4n) is 3.29. The Morgan fingerprint density at radius 2 is 1.82 bits per heavy atom.